The summed E-state index contributed by atoms with van der Waals surface area (Å²) in [7, 11) is -3.65. The highest BCUT2D eigenvalue weighted by Crippen LogP contribution is 2.31. The van der Waals surface area contributed by atoms with Gasteiger partial charge in [0.2, 0.25) is 15.9 Å². The van der Waals surface area contributed by atoms with Gasteiger partial charge in [-0.05, 0) is 56.9 Å². The van der Waals surface area contributed by atoms with E-state index in [2.05, 4.69) is 10.1 Å². The molecule has 1 unspecified atom stereocenters. The number of rotatable bonds is 5. The molecule has 2 aliphatic heterocycles. The Morgan fingerprint density at radius 1 is 1.06 bits per heavy atom. The maximum Gasteiger partial charge on any atom is 0.248 e. The number of aromatic nitrogens is 1. The number of sulfonamides is 1. The number of anilines is 1. The van der Waals surface area contributed by atoms with Crippen molar-refractivity contribution in [2.45, 2.75) is 38.5 Å². The lowest BCUT2D eigenvalue weighted by atomic mass is 9.85. The summed E-state index contributed by atoms with van der Waals surface area (Å²) >= 11 is 0. The van der Waals surface area contributed by atoms with Gasteiger partial charge in [-0.3, -0.25) is 4.79 Å². The second-order valence-electron chi connectivity index (χ2n) is 8.97. The molecule has 2 aromatic rings. The topological polar surface area (TPSA) is 87.0 Å². The van der Waals surface area contributed by atoms with E-state index in [1.54, 1.807) is 26.0 Å². The van der Waals surface area contributed by atoms with E-state index in [-0.39, 0.29) is 28.5 Å². The first-order chi connectivity index (χ1) is 15.7. The van der Waals surface area contributed by atoms with E-state index in [9.17, 15) is 17.6 Å². The predicted octanol–water partition coefficient (Wildman–Crippen LogP) is 2.82. The van der Waals surface area contributed by atoms with E-state index < -0.39 is 10.0 Å². The van der Waals surface area contributed by atoms with E-state index in [0.29, 0.717) is 63.6 Å². The van der Waals surface area contributed by atoms with Gasteiger partial charge >= 0.3 is 0 Å². The molecule has 180 valence electrons. The maximum absolute atomic E-state index is 13.2. The molecule has 1 aromatic heterocycles. The van der Waals surface area contributed by atoms with Crippen molar-refractivity contribution >= 4 is 21.6 Å². The molecule has 1 atom stereocenters. The van der Waals surface area contributed by atoms with E-state index in [1.807, 2.05) is 11.8 Å². The number of amides is 1. The molecule has 2 saturated heterocycles. The minimum atomic E-state index is -3.65. The Morgan fingerprint density at radius 2 is 1.67 bits per heavy atom. The van der Waals surface area contributed by atoms with Gasteiger partial charge in [-0.25, -0.2) is 12.8 Å². The second kappa shape index (κ2) is 9.42. The van der Waals surface area contributed by atoms with Crippen molar-refractivity contribution < 1.29 is 22.1 Å². The molecule has 33 heavy (non-hydrogen) atoms. The number of hydrogen-bond acceptors (Lipinski definition) is 6. The minimum absolute atomic E-state index is 0.126. The van der Waals surface area contributed by atoms with Crippen molar-refractivity contribution in [3.8, 4) is 0 Å². The number of benzene rings is 1. The minimum Gasteiger partial charge on any atom is -0.368 e. The quantitative estimate of drug-likeness (QED) is 0.657. The van der Waals surface area contributed by atoms with Crippen LogP contribution in [0.2, 0.25) is 0 Å². The first kappa shape index (κ1) is 23.7. The van der Waals surface area contributed by atoms with Crippen LogP contribution in [0, 0.1) is 31.5 Å². The fourth-order valence-electron chi connectivity index (χ4n) is 4.91. The van der Waals surface area contributed by atoms with Gasteiger partial charge in [-0.15, -0.1) is 0 Å². The van der Waals surface area contributed by atoms with Crippen molar-refractivity contribution in [2.24, 2.45) is 11.8 Å². The zero-order valence-corrected chi connectivity index (χ0v) is 20.1. The fraction of sp³-hybridized carbons (Fsp3) is 0.565. The highest BCUT2D eigenvalue weighted by Gasteiger charge is 2.37. The molecule has 0 bridgehead atoms. The Morgan fingerprint density at radius 3 is 2.21 bits per heavy atom. The maximum atomic E-state index is 13.2. The van der Waals surface area contributed by atoms with Gasteiger partial charge in [0.05, 0.1) is 0 Å². The van der Waals surface area contributed by atoms with Crippen LogP contribution in [0.3, 0.4) is 0 Å². The van der Waals surface area contributed by atoms with Crippen LogP contribution in [-0.2, 0) is 14.8 Å². The summed E-state index contributed by atoms with van der Waals surface area (Å²) in [6.45, 7) is 8.62. The van der Waals surface area contributed by atoms with Crippen molar-refractivity contribution in [3.05, 3.63) is 41.5 Å². The zero-order chi connectivity index (χ0) is 23.8. The molecule has 0 radical (unpaired) electrons. The highest BCUT2D eigenvalue weighted by molar-refractivity contribution is 7.89. The summed E-state index contributed by atoms with van der Waals surface area (Å²) in [4.78, 5) is 17.4. The fourth-order valence-corrected chi connectivity index (χ4v) is 6.68. The van der Waals surface area contributed by atoms with Gasteiger partial charge in [0.15, 0.2) is 5.76 Å². The van der Waals surface area contributed by atoms with Gasteiger partial charge in [0.25, 0.3) is 0 Å². The average Bonchev–Trinajstić information content (AvgIpc) is 3.17. The summed E-state index contributed by atoms with van der Waals surface area (Å²) in [6, 6.07) is 6.43. The standard InChI is InChI=1S/C23H31FN4O4S/c1-16(23(29)27-14-12-26(13-15-27)21-6-4-20(24)5-7-21)19-8-10-28(11-9-19)33(30,31)22-17(2)25-32-18(22)3/h4-7,16,19H,8-15H2,1-3H3. The van der Waals surface area contributed by atoms with Crippen molar-refractivity contribution in [2.75, 3.05) is 44.2 Å². The van der Waals surface area contributed by atoms with Gasteiger partial charge in [0.1, 0.15) is 16.4 Å². The number of piperazine rings is 1. The molecule has 4 rings (SSSR count). The lowest BCUT2D eigenvalue weighted by molar-refractivity contribution is -0.137. The van der Waals surface area contributed by atoms with Crippen LogP contribution in [0.4, 0.5) is 10.1 Å². The van der Waals surface area contributed by atoms with Crippen LogP contribution in [0.25, 0.3) is 0 Å². The number of hydrogen-bond donors (Lipinski definition) is 0. The molecule has 0 N–H and O–H groups in total. The molecule has 0 aliphatic carbocycles. The van der Waals surface area contributed by atoms with Gasteiger partial charge < -0.3 is 14.3 Å². The SMILES string of the molecule is Cc1noc(C)c1S(=O)(=O)N1CCC(C(C)C(=O)N2CCN(c3ccc(F)cc3)CC2)CC1. The molecule has 0 spiro atoms. The summed E-state index contributed by atoms with van der Waals surface area (Å²) in [5, 5.41) is 3.77. The van der Waals surface area contributed by atoms with Crippen LogP contribution in [0.15, 0.2) is 33.7 Å². The smallest absolute Gasteiger partial charge is 0.248 e. The number of nitrogens with zero attached hydrogens (tertiary/aromatic N) is 4. The molecule has 1 aromatic carbocycles. The Hall–Kier alpha value is -2.46. The van der Waals surface area contributed by atoms with Crippen LogP contribution < -0.4 is 4.90 Å². The zero-order valence-electron chi connectivity index (χ0n) is 19.3. The molecule has 3 heterocycles. The third-order valence-corrected chi connectivity index (χ3v) is 9.09. The van der Waals surface area contributed by atoms with E-state index in [4.69, 9.17) is 4.52 Å². The van der Waals surface area contributed by atoms with Crippen LogP contribution >= 0.6 is 0 Å². The third-order valence-electron chi connectivity index (χ3n) is 6.94. The van der Waals surface area contributed by atoms with Crippen LogP contribution in [0.5, 0.6) is 0 Å². The lowest BCUT2D eigenvalue weighted by Gasteiger charge is -2.39. The Labute approximate surface area is 194 Å². The van der Waals surface area contributed by atoms with Crippen molar-refractivity contribution in [1.29, 1.82) is 0 Å². The number of piperidine rings is 1. The molecule has 2 aliphatic rings. The lowest BCUT2D eigenvalue weighted by Crippen LogP contribution is -2.51. The summed E-state index contributed by atoms with van der Waals surface area (Å²) in [6.07, 6.45) is 1.29. The van der Waals surface area contributed by atoms with E-state index >= 15 is 0 Å². The molecule has 10 heteroatoms. The second-order valence-corrected chi connectivity index (χ2v) is 10.8. The monoisotopic (exact) mass is 478 g/mol. The van der Waals surface area contributed by atoms with Crippen LogP contribution in [-0.4, -0.2) is 68.0 Å². The summed E-state index contributed by atoms with van der Waals surface area (Å²) < 4.78 is 45.8. The third kappa shape index (κ3) is 4.77. The molecule has 8 nitrogen and oxygen atoms in total. The number of halogens is 1. The molecule has 1 amide bonds. The van der Waals surface area contributed by atoms with E-state index in [0.717, 1.165) is 5.69 Å². The predicted molar refractivity (Wildman–Crippen MR) is 122 cm³/mol. The molecular formula is C23H31FN4O4S. The number of carbonyl (C=O) groups is 1. The van der Waals surface area contributed by atoms with Gasteiger partial charge in [-0.2, -0.15) is 4.31 Å². The van der Waals surface area contributed by atoms with Crippen LogP contribution in [0.1, 0.15) is 31.2 Å². The highest BCUT2D eigenvalue weighted by atomic mass is 32.2. The Bertz CT molecular complexity index is 1070. The van der Waals surface area contributed by atoms with Crippen molar-refractivity contribution in [1.82, 2.24) is 14.4 Å². The van der Waals surface area contributed by atoms with Crippen molar-refractivity contribution in [3.63, 3.8) is 0 Å². The summed E-state index contributed by atoms with van der Waals surface area (Å²) in [5.74, 6) is 0.153. The Kier molecular flexibility index (Phi) is 6.76. The molecule has 0 saturated carbocycles. The average molecular weight is 479 g/mol. The van der Waals surface area contributed by atoms with E-state index in [1.165, 1.54) is 16.4 Å². The molecule has 2 fully saturated rings. The normalized spacial score (nSPS) is 19.6. The Balaban J connectivity index is 1.31. The largest absolute Gasteiger partial charge is 0.368 e. The first-order valence-electron chi connectivity index (χ1n) is 11.4. The first-order valence-corrected chi connectivity index (χ1v) is 12.8. The van der Waals surface area contributed by atoms with Gasteiger partial charge in [-0.1, -0.05) is 12.1 Å². The van der Waals surface area contributed by atoms with Gasteiger partial charge in [0, 0.05) is 50.9 Å². The summed E-state index contributed by atoms with van der Waals surface area (Å²) in [5.41, 5.74) is 1.33. The number of carbonyl (C=O) groups excluding carboxylic acids is 1. The molecular weight excluding hydrogens is 447 g/mol. The number of aryl methyl sites for hydroxylation is 2.